The molecule has 138 valence electrons. The average molecular weight is 365 g/mol. The van der Waals surface area contributed by atoms with Gasteiger partial charge in [0.05, 0.1) is 5.69 Å². The van der Waals surface area contributed by atoms with E-state index in [4.69, 9.17) is 4.74 Å². The second-order valence-corrected chi connectivity index (χ2v) is 6.70. The van der Waals surface area contributed by atoms with E-state index in [1.165, 1.54) is 0 Å². The number of carbonyl (C=O) groups excluding carboxylic acids is 3. The number of hydrogen-bond donors (Lipinski definition) is 2. The molecule has 0 spiro atoms. The molecular formula is C20H19N3O4. The van der Waals surface area contributed by atoms with Crippen molar-refractivity contribution in [1.82, 2.24) is 0 Å². The van der Waals surface area contributed by atoms with E-state index in [2.05, 4.69) is 10.6 Å². The van der Waals surface area contributed by atoms with Gasteiger partial charge < -0.3 is 20.3 Å². The number of nitrogens with one attached hydrogen (secondary N) is 2. The molecule has 2 aromatic rings. The fourth-order valence-electron chi connectivity index (χ4n) is 3.35. The lowest BCUT2D eigenvalue weighted by atomic mass is 10.1. The summed E-state index contributed by atoms with van der Waals surface area (Å²) < 4.78 is 5.34. The van der Waals surface area contributed by atoms with Gasteiger partial charge in [-0.3, -0.25) is 14.4 Å². The van der Waals surface area contributed by atoms with Crippen LogP contribution in [0.1, 0.15) is 30.1 Å². The van der Waals surface area contributed by atoms with Crippen LogP contribution in [0.25, 0.3) is 0 Å². The number of nitrogens with zero attached hydrogens (tertiary/aromatic N) is 1. The molecule has 0 aliphatic carbocycles. The fourth-order valence-corrected chi connectivity index (χ4v) is 3.35. The molecule has 27 heavy (non-hydrogen) atoms. The van der Waals surface area contributed by atoms with Crippen LogP contribution in [0, 0.1) is 0 Å². The molecule has 7 nitrogen and oxygen atoms in total. The van der Waals surface area contributed by atoms with E-state index in [0.29, 0.717) is 29.1 Å². The molecule has 7 heteroatoms. The van der Waals surface area contributed by atoms with Gasteiger partial charge in [0.1, 0.15) is 5.75 Å². The summed E-state index contributed by atoms with van der Waals surface area (Å²) in [4.78, 5) is 37.6. The number of benzene rings is 2. The predicted octanol–water partition coefficient (Wildman–Crippen LogP) is 2.79. The van der Waals surface area contributed by atoms with Crippen LogP contribution in [0.4, 0.5) is 17.1 Å². The van der Waals surface area contributed by atoms with E-state index in [-0.39, 0.29) is 30.4 Å². The zero-order valence-electron chi connectivity index (χ0n) is 14.8. The van der Waals surface area contributed by atoms with Gasteiger partial charge >= 0.3 is 0 Å². The molecule has 2 aromatic carbocycles. The van der Waals surface area contributed by atoms with Gasteiger partial charge in [-0.15, -0.1) is 0 Å². The van der Waals surface area contributed by atoms with Crippen LogP contribution in [0.15, 0.2) is 42.5 Å². The lowest BCUT2D eigenvalue weighted by Gasteiger charge is -2.22. The lowest BCUT2D eigenvalue weighted by molar-refractivity contribution is -0.119. The molecule has 2 N–H and O–H groups in total. The highest BCUT2D eigenvalue weighted by Crippen LogP contribution is 2.30. The maximum absolute atomic E-state index is 12.5. The van der Waals surface area contributed by atoms with Crippen LogP contribution < -0.4 is 20.3 Å². The summed E-state index contributed by atoms with van der Waals surface area (Å²) in [5.74, 6) is 0.0989. The summed E-state index contributed by atoms with van der Waals surface area (Å²) >= 11 is 0. The Balaban J connectivity index is 1.47. The van der Waals surface area contributed by atoms with E-state index >= 15 is 0 Å². The Morgan fingerprint density at radius 3 is 2.67 bits per heavy atom. The largest absolute Gasteiger partial charge is 0.482 e. The highest BCUT2D eigenvalue weighted by Gasteiger charge is 2.28. The minimum atomic E-state index is -0.281. The average Bonchev–Trinajstić information content (AvgIpc) is 3.00. The number of carbonyl (C=O) groups is 3. The van der Waals surface area contributed by atoms with Crippen LogP contribution in [-0.2, 0) is 9.59 Å². The molecule has 2 aliphatic rings. The summed E-state index contributed by atoms with van der Waals surface area (Å²) in [5, 5.41) is 5.52. The van der Waals surface area contributed by atoms with Crippen LogP contribution >= 0.6 is 0 Å². The van der Waals surface area contributed by atoms with E-state index < -0.39 is 0 Å². The van der Waals surface area contributed by atoms with Crippen molar-refractivity contribution in [2.45, 2.75) is 25.8 Å². The van der Waals surface area contributed by atoms with Crippen molar-refractivity contribution >= 4 is 34.8 Å². The van der Waals surface area contributed by atoms with E-state index in [0.717, 1.165) is 12.1 Å². The maximum atomic E-state index is 12.5. The van der Waals surface area contributed by atoms with Crippen molar-refractivity contribution < 1.29 is 19.1 Å². The quantitative estimate of drug-likeness (QED) is 0.876. The van der Waals surface area contributed by atoms with Crippen LogP contribution in [0.3, 0.4) is 0 Å². The van der Waals surface area contributed by atoms with Gasteiger partial charge in [0.2, 0.25) is 5.91 Å². The normalized spacial score (nSPS) is 18.6. The first kappa shape index (κ1) is 17.1. The van der Waals surface area contributed by atoms with Crippen molar-refractivity contribution in [2.75, 3.05) is 22.1 Å². The standard InChI is InChI=1S/C20H19N3O4/c1-12-2-9-19(25)23(12)15-6-4-14(5-7-15)21-20(26)13-3-8-16-17(10-13)27-11-18(24)22-16/h3-8,10,12H,2,9,11H2,1H3,(H,21,26)(H,22,24). The Hall–Kier alpha value is -3.35. The van der Waals surface area contributed by atoms with E-state index in [1.807, 2.05) is 19.1 Å². The van der Waals surface area contributed by atoms with Gasteiger partial charge in [-0.25, -0.2) is 0 Å². The molecule has 1 fully saturated rings. The number of ether oxygens (including phenoxy) is 1. The zero-order chi connectivity index (χ0) is 19.0. The van der Waals surface area contributed by atoms with Crippen molar-refractivity contribution in [1.29, 1.82) is 0 Å². The fraction of sp³-hybridized carbons (Fsp3) is 0.250. The molecule has 0 aromatic heterocycles. The first-order chi connectivity index (χ1) is 13.0. The Kier molecular flexibility index (Phi) is 4.27. The molecule has 0 bridgehead atoms. The van der Waals surface area contributed by atoms with Crippen molar-refractivity contribution in [3.05, 3.63) is 48.0 Å². The molecule has 1 unspecified atom stereocenters. The Morgan fingerprint density at radius 2 is 1.96 bits per heavy atom. The van der Waals surface area contributed by atoms with Gasteiger partial charge in [-0.2, -0.15) is 0 Å². The number of rotatable bonds is 3. The predicted molar refractivity (Wildman–Crippen MR) is 101 cm³/mol. The highest BCUT2D eigenvalue weighted by molar-refractivity contribution is 6.06. The summed E-state index contributed by atoms with van der Waals surface area (Å²) in [7, 11) is 0. The van der Waals surface area contributed by atoms with Gasteiger partial charge in [-0.1, -0.05) is 0 Å². The molecule has 0 saturated carbocycles. The van der Waals surface area contributed by atoms with Crippen LogP contribution in [-0.4, -0.2) is 30.4 Å². The number of anilines is 3. The Labute approximate surface area is 156 Å². The SMILES string of the molecule is CC1CCC(=O)N1c1ccc(NC(=O)c2ccc3c(c2)OCC(=O)N3)cc1. The molecular weight excluding hydrogens is 346 g/mol. The number of amides is 3. The van der Waals surface area contributed by atoms with Gasteiger partial charge in [-0.05, 0) is 55.8 Å². The second-order valence-electron chi connectivity index (χ2n) is 6.70. The molecule has 4 rings (SSSR count). The minimum Gasteiger partial charge on any atom is -0.482 e. The highest BCUT2D eigenvalue weighted by atomic mass is 16.5. The Morgan fingerprint density at radius 1 is 1.19 bits per heavy atom. The number of fused-ring (bicyclic) bond motifs is 1. The third kappa shape index (κ3) is 3.36. The zero-order valence-corrected chi connectivity index (χ0v) is 14.8. The molecule has 2 aliphatic heterocycles. The van der Waals surface area contributed by atoms with Crippen molar-refractivity contribution in [2.24, 2.45) is 0 Å². The minimum absolute atomic E-state index is 0.0623. The third-order valence-corrected chi connectivity index (χ3v) is 4.77. The third-order valence-electron chi connectivity index (χ3n) is 4.77. The van der Waals surface area contributed by atoms with Crippen LogP contribution in [0.2, 0.25) is 0 Å². The van der Waals surface area contributed by atoms with Crippen LogP contribution in [0.5, 0.6) is 5.75 Å². The number of hydrogen-bond acceptors (Lipinski definition) is 4. The maximum Gasteiger partial charge on any atom is 0.262 e. The summed E-state index contributed by atoms with van der Waals surface area (Å²) in [6.45, 7) is 1.97. The van der Waals surface area contributed by atoms with Gasteiger partial charge in [0.25, 0.3) is 11.8 Å². The second kappa shape index (κ2) is 6.75. The molecule has 1 saturated heterocycles. The Bertz CT molecular complexity index is 923. The smallest absolute Gasteiger partial charge is 0.262 e. The van der Waals surface area contributed by atoms with Crippen molar-refractivity contribution in [3.63, 3.8) is 0 Å². The lowest BCUT2D eigenvalue weighted by Crippen LogP contribution is -2.30. The molecule has 1 atom stereocenters. The van der Waals surface area contributed by atoms with E-state index in [9.17, 15) is 14.4 Å². The topological polar surface area (TPSA) is 87.7 Å². The summed E-state index contributed by atoms with van der Waals surface area (Å²) in [6.07, 6.45) is 1.43. The van der Waals surface area contributed by atoms with E-state index in [1.54, 1.807) is 35.2 Å². The molecule has 2 heterocycles. The first-order valence-corrected chi connectivity index (χ1v) is 8.81. The summed E-state index contributed by atoms with van der Waals surface area (Å²) in [6, 6.07) is 12.3. The molecule has 0 radical (unpaired) electrons. The van der Waals surface area contributed by atoms with Crippen molar-refractivity contribution in [3.8, 4) is 5.75 Å². The van der Waals surface area contributed by atoms with Gasteiger partial charge in [0, 0.05) is 29.4 Å². The summed E-state index contributed by atoms with van der Waals surface area (Å²) in [5.41, 5.74) is 2.45. The molecule has 3 amide bonds. The van der Waals surface area contributed by atoms with Gasteiger partial charge in [0.15, 0.2) is 6.61 Å². The first-order valence-electron chi connectivity index (χ1n) is 8.81. The monoisotopic (exact) mass is 365 g/mol.